The molecule has 0 radical (unpaired) electrons. The van der Waals surface area contributed by atoms with Crippen LogP contribution < -0.4 is 9.88 Å². The zero-order valence-electron chi connectivity index (χ0n) is 12.7. The zero-order valence-corrected chi connectivity index (χ0v) is 15.8. The fraction of sp³-hybridized carbons (Fsp3) is 0.400. The molecule has 3 rings (SSSR count). The van der Waals surface area contributed by atoms with Crippen LogP contribution in [-0.4, -0.2) is 60.0 Å². The molecule has 1 aliphatic heterocycles. The molecule has 0 amide bonds. The van der Waals surface area contributed by atoms with Crippen molar-refractivity contribution >= 4 is 61.1 Å². The van der Waals surface area contributed by atoms with Gasteiger partial charge in [-0.3, -0.25) is 9.69 Å². The van der Waals surface area contributed by atoms with Crippen LogP contribution in [0.1, 0.15) is 5.56 Å². The van der Waals surface area contributed by atoms with Gasteiger partial charge in [-0.2, -0.15) is 0 Å². The summed E-state index contributed by atoms with van der Waals surface area (Å²) in [6.07, 6.45) is 1.26. The Morgan fingerprint density at radius 3 is 2.71 bits per heavy atom. The Hall–Kier alpha value is -1.15. The van der Waals surface area contributed by atoms with Crippen LogP contribution in [0.15, 0.2) is 15.3 Å². The molecule has 1 fully saturated rings. The zero-order chi connectivity index (χ0) is 17.3. The van der Waals surface area contributed by atoms with E-state index < -0.39 is 0 Å². The molecule has 0 aliphatic carbocycles. The van der Waals surface area contributed by atoms with Gasteiger partial charge in [0.15, 0.2) is 0 Å². The van der Waals surface area contributed by atoms with Crippen LogP contribution in [0.25, 0.3) is 16.3 Å². The van der Waals surface area contributed by atoms with Crippen molar-refractivity contribution in [3.05, 3.63) is 30.8 Å². The molecule has 1 aromatic carbocycles. The van der Waals surface area contributed by atoms with E-state index in [2.05, 4.69) is 20.8 Å². The third-order valence-corrected chi connectivity index (χ3v) is 6.17. The van der Waals surface area contributed by atoms with Crippen molar-refractivity contribution in [3.63, 3.8) is 0 Å². The lowest BCUT2D eigenvalue weighted by molar-refractivity contribution is 0.181. The number of thiazole rings is 1. The first kappa shape index (κ1) is 17.7. The summed E-state index contributed by atoms with van der Waals surface area (Å²) in [7, 11) is 0. The highest BCUT2D eigenvalue weighted by Gasteiger charge is 2.23. The molecule has 0 atom stereocenters. The molecule has 2 aromatic rings. The normalized spacial score (nSPS) is 15.7. The second kappa shape index (κ2) is 7.39. The van der Waals surface area contributed by atoms with Crippen molar-refractivity contribution in [2.45, 2.75) is 0 Å². The summed E-state index contributed by atoms with van der Waals surface area (Å²) in [6, 6.07) is 1.80. The van der Waals surface area contributed by atoms with E-state index in [9.17, 15) is 9.59 Å². The molecule has 6 nitrogen and oxygen atoms in total. The van der Waals surface area contributed by atoms with Crippen molar-refractivity contribution in [1.29, 1.82) is 0 Å². The van der Waals surface area contributed by atoms with Crippen LogP contribution in [0.3, 0.4) is 0 Å². The molecule has 9 heteroatoms. The van der Waals surface area contributed by atoms with Crippen LogP contribution in [0.5, 0.6) is 0 Å². The minimum atomic E-state index is -0.115. The largest absolute Gasteiger partial charge is 0.395 e. The molecular weight excluding hydrogens is 418 g/mol. The molecule has 128 valence electrons. The van der Waals surface area contributed by atoms with Gasteiger partial charge in [0, 0.05) is 48.8 Å². The van der Waals surface area contributed by atoms with E-state index >= 15 is 0 Å². The summed E-state index contributed by atoms with van der Waals surface area (Å²) in [4.78, 5) is 25.5. The number of fused-ring (bicyclic) bond motifs is 1. The second-order valence-electron chi connectivity index (χ2n) is 5.39. The summed E-state index contributed by atoms with van der Waals surface area (Å²) in [5.74, 6) is 1.76. The number of benzene rings is 1. The molecule has 2 heterocycles. The Bertz CT molecular complexity index is 867. The maximum Gasteiger partial charge on any atom is 0.326 e. The Kier molecular flexibility index (Phi) is 5.44. The van der Waals surface area contributed by atoms with Gasteiger partial charge in [0.2, 0.25) is 0 Å². The Morgan fingerprint density at radius 2 is 2.08 bits per heavy atom. The van der Waals surface area contributed by atoms with E-state index in [4.69, 9.17) is 16.7 Å². The van der Waals surface area contributed by atoms with Crippen molar-refractivity contribution in [3.8, 4) is 0 Å². The Balaban J connectivity index is 2.09. The van der Waals surface area contributed by atoms with Gasteiger partial charge in [0.1, 0.15) is 5.94 Å². The summed E-state index contributed by atoms with van der Waals surface area (Å²) in [5.41, 5.74) is 1.13. The van der Waals surface area contributed by atoms with Crippen LogP contribution >= 0.6 is 38.9 Å². The molecule has 1 saturated heterocycles. The number of piperazine rings is 1. The molecular formula is C15H15BrClN3O3S. The minimum absolute atomic E-state index is 0.115. The second-order valence-corrected chi connectivity index (χ2v) is 7.62. The van der Waals surface area contributed by atoms with Gasteiger partial charge in [-0.05, 0) is 22.0 Å². The first-order valence-corrected chi connectivity index (χ1v) is 9.38. The van der Waals surface area contributed by atoms with Crippen molar-refractivity contribution in [2.24, 2.45) is 0 Å². The van der Waals surface area contributed by atoms with Gasteiger partial charge in [-0.25, -0.2) is 9.47 Å². The highest BCUT2D eigenvalue weighted by atomic mass is 79.9. The average Bonchev–Trinajstić information content (AvgIpc) is 2.88. The maximum atomic E-state index is 12.5. The molecule has 1 aromatic heterocycles. The standard InChI is InChI=1S/C15H15BrClN3O3S/c16-11-9-12-14(10(1-7-21)13(11)17)20(15(23)24-12)19-4-2-18(3-5-19)6-8-22/h1,9,22H,2-6,8H2. The number of rotatable bonds is 4. The number of hydrogen-bond donors (Lipinski definition) is 1. The van der Waals surface area contributed by atoms with Gasteiger partial charge in [-0.15, -0.1) is 0 Å². The van der Waals surface area contributed by atoms with E-state index in [0.29, 0.717) is 40.2 Å². The van der Waals surface area contributed by atoms with Crippen LogP contribution in [0, 0.1) is 0 Å². The van der Waals surface area contributed by atoms with Gasteiger partial charge < -0.3 is 10.1 Å². The predicted molar refractivity (Wildman–Crippen MR) is 100 cm³/mol. The van der Waals surface area contributed by atoms with Crippen LogP contribution in [0.2, 0.25) is 5.02 Å². The topological polar surface area (TPSA) is 65.8 Å². The minimum Gasteiger partial charge on any atom is -0.395 e. The third kappa shape index (κ3) is 3.18. The monoisotopic (exact) mass is 431 g/mol. The lowest BCUT2D eigenvalue weighted by Gasteiger charge is -2.36. The molecule has 1 aliphatic rings. The number of β-amino-alcohol motifs (C(OH)–C–C–N with tert-alkyl or cyclic N) is 1. The Morgan fingerprint density at radius 1 is 1.38 bits per heavy atom. The quantitative estimate of drug-likeness (QED) is 0.743. The first-order chi connectivity index (χ1) is 11.6. The number of hydrogen-bond acceptors (Lipinski definition) is 6. The van der Waals surface area contributed by atoms with E-state index in [0.717, 1.165) is 29.1 Å². The summed E-state index contributed by atoms with van der Waals surface area (Å²) >= 11 is 10.8. The lowest BCUT2D eigenvalue weighted by Crippen LogP contribution is -2.53. The molecule has 0 bridgehead atoms. The van der Waals surface area contributed by atoms with Gasteiger partial charge in [-0.1, -0.05) is 22.9 Å². The highest BCUT2D eigenvalue weighted by molar-refractivity contribution is 9.10. The van der Waals surface area contributed by atoms with Crippen LogP contribution in [0.4, 0.5) is 0 Å². The first-order valence-electron chi connectivity index (χ1n) is 7.39. The van der Waals surface area contributed by atoms with Crippen molar-refractivity contribution in [1.82, 2.24) is 9.58 Å². The van der Waals surface area contributed by atoms with Gasteiger partial charge >= 0.3 is 4.87 Å². The third-order valence-electron chi connectivity index (χ3n) is 4.03. The summed E-state index contributed by atoms with van der Waals surface area (Å²) in [5, 5.41) is 11.4. The fourth-order valence-corrected chi connectivity index (χ4v) is 4.63. The molecule has 0 saturated carbocycles. The van der Waals surface area contributed by atoms with Crippen molar-refractivity contribution in [2.75, 3.05) is 44.3 Å². The van der Waals surface area contributed by atoms with Crippen molar-refractivity contribution < 1.29 is 9.90 Å². The number of aliphatic hydroxyl groups excluding tert-OH is 1. The number of aliphatic hydroxyl groups is 1. The smallest absolute Gasteiger partial charge is 0.326 e. The van der Waals surface area contributed by atoms with E-state index in [-0.39, 0.29) is 11.5 Å². The SMILES string of the molecule is O=C=Cc1c(Cl)c(Br)cc2sc(=O)n(N3CCN(CCO)CC3)c12. The van der Waals surface area contributed by atoms with Gasteiger partial charge in [0.05, 0.1) is 21.8 Å². The number of halogens is 2. The van der Waals surface area contributed by atoms with E-state index in [1.165, 1.54) is 6.08 Å². The number of aromatic nitrogens is 1. The lowest BCUT2D eigenvalue weighted by atomic mass is 10.2. The maximum absolute atomic E-state index is 12.5. The molecule has 1 N–H and O–H groups in total. The van der Waals surface area contributed by atoms with Gasteiger partial charge in [0.25, 0.3) is 0 Å². The molecule has 0 spiro atoms. The predicted octanol–water partition coefficient (Wildman–Crippen LogP) is 1.57. The van der Waals surface area contributed by atoms with E-state index in [1.54, 1.807) is 16.7 Å². The number of carbonyl (C=O) groups excluding carboxylic acids is 1. The highest BCUT2D eigenvalue weighted by Crippen LogP contribution is 2.35. The number of nitrogens with zero attached hydrogens (tertiary/aromatic N) is 3. The van der Waals surface area contributed by atoms with Crippen LogP contribution in [-0.2, 0) is 4.79 Å². The Labute approximate surface area is 155 Å². The average molecular weight is 433 g/mol. The summed E-state index contributed by atoms with van der Waals surface area (Å²) < 4.78 is 3.01. The fourth-order valence-electron chi connectivity index (χ4n) is 2.89. The molecule has 0 unspecified atom stereocenters. The molecule has 24 heavy (non-hydrogen) atoms. The summed E-state index contributed by atoms with van der Waals surface area (Å²) in [6.45, 7) is 3.58. The van der Waals surface area contributed by atoms with E-state index in [1.807, 2.05) is 5.01 Å².